The van der Waals surface area contributed by atoms with Crippen LogP contribution in [-0.4, -0.2) is 45.6 Å². The molecule has 0 aliphatic heterocycles. The van der Waals surface area contributed by atoms with Crippen molar-refractivity contribution in [2.75, 3.05) is 26.8 Å². The number of hydrogen-bond donors (Lipinski definition) is 1. The van der Waals surface area contributed by atoms with Gasteiger partial charge >= 0.3 is 0 Å². The van der Waals surface area contributed by atoms with Crippen molar-refractivity contribution in [2.45, 2.75) is 26.8 Å². The van der Waals surface area contributed by atoms with Crippen molar-refractivity contribution in [3.63, 3.8) is 0 Å². The number of rotatable bonds is 8. The van der Waals surface area contributed by atoms with Crippen molar-refractivity contribution >= 4 is 10.2 Å². The van der Waals surface area contributed by atoms with E-state index in [4.69, 9.17) is 4.74 Å². The Bertz CT molecular complexity index is 312. The number of nitrogens with one attached hydrogen (secondary N) is 1. The summed E-state index contributed by atoms with van der Waals surface area (Å²) in [4.78, 5) is 0. The molecule has 0 aromatic rings. The van der Waals surface area contributed by atoms with Crippen molar-refractivity contribution in [3.05, 3.63) is 12.2 Å². The van der Waals surface area contributed by atoms with E-state index < -0.39 is 10.2 Å². The molecule has 0 heterocycles. The van der Waals surface area contributed by atoms with Crippen LogP contribution in [0.3, 0.4) is 0 Å². The third-order valence-electron chi connectivity index (χ3n) is 1.99. The van der Waals surface area contributed by atoms with Gasteiger partial charge < -0.3 is 4.74 Å². The van der Waals surface area contributed by atoms with E-state index in [1.54, 1.807) is 7.05 Å². The number of ether oxygens (including phenoxy) is 1. The fraction of sp³-hybridized carbons (Fsp3) is 0.800. The highest BCUT2D eigenvalue weighted by Crippen LogP contribution is 1.99. The molecule has 0 amide bonds. The summed E-state index contributed by atoms with van der Waals surface area (Å²) in [5, 5.41) is 0. The van der Waals surface area contributed by atoms with Crippen LogP contribution in [0, 0.1) is 0 Å². The Balaban J connectivity index is 3.88. The maximum atomic E-state index is 11.6. The molecule has 0 aromatic carbocycles. The smallest absolute Gasteiger partial charge is 0.279 e. The van der Waals surface area contributed by atoms with Gasteiger partial charge in [-0.05, 0) is 20.8 Å². The summed E-state index contributed by atoms with van der Waals surface area (Å²) in [6.07, 6.45) is 0. The summed E-state index contributed by atoms with van der Waals surface area (Å²) in [5.74, 6) is 0. The van der Waals surface area contributed by atoms with Gasteiger partial charge in [-0.2, -0.15) is 17.4 Å². The Kier molecular flexibility index (Phi) is 6.82. The molecule has 0 radical (unpaired) electrons. The average Bonchev–Trinajstić information content (AvgIpc) is 2.15. The molecule has 5 nitrogen and oxygen atoms in total. The molecular formula is C10H22N2O3S. The minimum Gasteiger partial charge on any atom is -0.376 e. The highest BCUT2D eigenvalue weighted by Gasteiger charge is 2.19. The van der Waals surface area contributed by atoms with E-state index in [0.717, 1.165) is 5.57 Å². The van der Waals surface area contributed by atoms with Crippen LogP contribution in [-0.2, 0) is 14.9 Å². The zero-order valence-electron chi connectivity index (χ0n) is 10.5. The molecule has 6 heteroatoms. The zero-order valence-corrected chi connectivity index (χ0v) is 11.3. The second-order valence-electron chi connectivity index (χ2n) is 4.02. The van der Waals surface area contributed by atoms with Crippen LogP contribution in [0.15, 0.2) is 12.2 Å². The lowest BCUT2D eigenvalue weighted by molar-refractivity contribution is 0.161. The third-order valence-corrected chi connectivity index (χ3v) is 3.73. The predicted molar refractivity (Wildman–Crippen MR) is 65.5 cm³/mol. The lowest BCUT2D eigenvalue weighted by Gasteiger charge is -2.21. The number of hydrogen-bond acceptors (Lipinski definition) is 3. The molecule has 0 saturated heterocycles. The first-order chi connectivity index (χ1) is 7.27. The fourth-order valence-corrected chi connectivity index (χ4v) is 1.97. The van der Waals surface area contributed by atoms with Gasteiger partial charge in [0.15, 0.2) is 0 Å². The fourth-order valence-electron chi connectivity index (χ4n) is 0.869. The van der Waals surface area contributed by atoms with Crippen molar-refractivity contribution in [1.82, 2.24) is 9.03 Å². The summed E-state index contributed by atoms with van der Waals surface area (Å²) in [6, 6.07) is -0.0613. The van der Waals surface area contributed by atoms with Gasteiger partial charge in [-0.1, -0.05) is 12.2 Å². The lowest BCUT2D eigenvalue weighted by Crippen LogP contribution is -2.42. The minimum atomic E-state index is -3.38. The molecule has 0 fully saturated rings. The molecule has 0 atom stereocenters. The van der Waals surface area contributed by atoms with Crippen LogP contribution in [0.4, 0.5) is 0 Å². The first-order valence-electron chi connectivity index (χ1n) is 5.22. The number of nitrogens with zero attached hydrogens (tertiary/aromatic N) is 1. The van der Waals surface area contributed by atoms with Crippen LogP contribution >= 0.6 is 0 Å². The highest BCUT2D eigenvalue weighted by molar-refractivity contribution is 7.87. The molecule has 0 aliphatic carbocycles. The molecule has 0 aliphatic rings. The molecule has 0 rings (SSSR count). The van der Waals surface area contributed by atoms with Crippen LogP contribution in [0.2, 0.25) is 0 Å². The second-order valence-corrected chi connectivity index (χ2v) is 5.83. The van der Waals surface area contributed by atoms with Gasteiger partial charge in [-0.15, -0.1) is 0 Å². The van der Waals surface area contributed by atoms with Crippen LogP contribution in [0.1, 0.15) is 20.8 Å². The van der Waals surface area contributed by atoms with Crippen LogP contribution in [0.25, 0.3) is 0 Å². The van der Waals surface area contributed by atoms with E-state index in [-0.39, 0.29) is 12.6 Å². The van der Waals surface area contributed by atoms with Gasteiger partial charge in [0.2, 0.25) is 0 Å². The van der Waals surface area contributed by atoms with E-state index in [2.05, 4.69) is 11.3 Å². The van der Waals surface area contributed by atoms with E-state index in [1.807, 2.05) is 20.8 Å². The van der Waals surface area contributed by atoms with Crippen molar-refractivity contribution in [1.29, 1.82) is 0 Å². The van der Waals surface area contributed by atoms with E-state index >= 15 is 0 Å². The lowest BCUT2D eigenvalue weighted by atomic mass is 10.4. The Labute approximate surface area is 98.7 Å². The summed E-state index contributed by atoms with van der Waals surface area (Å²) >= 11 is 0. The Hall–Kier alpha value is -0.430. The molecule has 16 heavy (non-hydrogen) atoms. The van der Waals surface area contributed by atoms with Gasteiger partial charge in [-0.3, -0.25) is 0 Å². The van der Waals surface area contributed by atoms with Crippen molar-refractivity contribution < 1.29 is 13.2 Å². The SMILES string of the molecule is C=C(C)COCCNS(=O)(=O)N(C)C(C)C. The molecule has 1 N–H and O–H groups in total. The summed E-state index contributed by atoms with van der Waals surface area (Å²) in [5.41, 5.74) is 0.919. The second kappa shape index (κ2) is 7.01. The molecular weight excluding hydrogens is 228 g/mol. The summed E-state index contributed by atoms with van der Waals surface area (Å²) in [7, 11) is -1.84. The first-order valence-corrected chi connectivity index (χ1v) is 6.66. The maximum Gasteiger partial charge on any atom is 0.279 e. The Morgan fingerprint density at radius 1 is 1.50 bits per heavy atom. The Morgan fingerprint density at radius 2 is 2.06 bits per heavy atom. The minimum absolute atomic E-state index is 0.0613. The molecule has 0 aromatic heterocycles. The normalized spacial score (nSPS) is 12.4. The summed E-state index contributed by atoms with van der Waals surface area (Å²) in [6.45, 7) is 10.2. The zero-order chi connectivity index (χ0) is 12.8. The van der Waals surface area contributed by atoms with Crippen molar-refractivity contribution in [3.8, 4) is 0 Å². The Morgan fingerprint density at radius 3 is 2.50 bits per heavy atom. The first kappa shape index (κ1) is 15.6. The largest absolute Gasteiger partial charge is 0.376 e. The average molecular weight is 250 g/mol. The highest BCUT2D eigenvalue weighted by atomic mass is 32.2. The van der Waals surface area contributed by atoms with Gasteiger partial charge in [0.05, 0.1) is 13.2 Å². The third kappa shape index (κ3) is 6.22. The van der Waals surface area contributed by atoms with E-state index in [1.165, 1.54) is 4.31 Å². The molecule has 0 unspecified atom stereocenters. The van der Waals surface area contributed by atoms with Crippen LogP contribution in [0.5, 0.6) is 0 Å². The van der Waals surface area contributed by atoms with Gasteiger partial charge in [0, 0.05) is 19.6 Å². The van der Waals surface area contributed by atoms with Crippen LogP contribution < -0.4 is 4.72 Å². The van der Waals surface area contributed by atoms with Crippen molar-refractivity contribution in [2.24, 2.45) is 0 Å². The molecule has 0 spiro atoms. The maximum absolute atomic E-state index is 11.6. The molecule has 0 bridgehead atoms. The quantitative estimate of drug-likeness (QED) is 0.511. The van der Waals surface area contributed by atoms with Gasteiger partial charge in [0.1, 0.15) is 0 Å². The summed E-state index contributed by atoms with van der Waals surface area (Å²) < 4.78 is 32.1. The standard InChI is InChI=1S/C10H22N2O3S/c1-9(2)8-15-7-6-11-16(13,14)12(5)10(3)4/h10-11H,1,6-8H2,2-5H3. The van der Waals surface area contributed by atoms with E-state index in [0.29, 0.717) is 13.2 Å². The van der Waals surface area contributed by atoms with Gasteiger partial charge in [0.25, 0.3) is 10.2 Å². The molecule has 96 valence electrons. The van der Waals surface area contributed by atoms with Gasteiger partial charge in [-0.25, -0.2) is 0 Å². The van der Waals surface area contributed by atoms with E-state index in [9.17, 15) is 8.42 Å². The molecule has 0 saturated carbocycles. The monoisotopic (exact) mass is 250 g/mol. The topological polar surface area (TPSA) is 58.6 Å². The predicted octanol–water partition coefficient (Wildman–Crippen LogP) is 0.754.